The standard InChI is InChI=1S/C32H41N3O5S/c1-6-40-29-18-16-28(17-19-29)35(41(5,38)39)23-31(36)34(22-27-15-11-10-12-25(27)4)30(32(37)33-21-24(2)3)20-26-13-8-7-9-14-26/h7-19,24,30H,6,20-23H2,1-5H3,(H,33,37)/t30-/m0/s1. The van der Waals surface area contributed by atoms with Crippen LogP contribution in [0, 0.1) is 12.8 Å². The van der Waals surface area contributed by atoms with Crippen LogP contribution >= 0.6 is 0 Å². The summed E-state index contributed by atoms with van der Waals surface area (Å²) in [6, 6.07) is 22.9. The maximum absolute atomic E-state index is 14.1. The molecule has 0 saturated carbocycles. The summed E-state index contributed by atoms with van der Waals surface area (Å²) in [5.41, 5.74) is 3.08. The summed E-state index contributed by atoms with van der Waals surface area (Å²) in [5.74, 6) is 0.0591. The smallest absolute Gasteiger partial charge is 0.244 e. The summed E-state index contributed by atoms with van der Waals surface area (Å²) in [6.07, 6.45) is 1.35. The largest absolute Gasteiger partial charge is 0.494 e. The zero-order chi connectivity index (χ0) is 30.0. The van der Waals surface area contributed by atoms with Crippen molar-refractivity contribution in [3.8, 4) is 5.75 Å². The van der Waals surface area contributed by atoms with Crippen molar-refractivity contribution in [2.45, 2.75) is 46.7 Å². The third-order valence-electron chi connectivity index (χ3n) is 6.67. The van der Waals surface area contributed by atoms with Gasteiger partial charge in [0.05, 0.1) is 18.6 Å². The van der Waals surface area contributed by atoms with Crippen molar-refractivity contribution in [1.82, 2.24) is 10.2 Å². The predicted molar refractivity (Wildman–Crippen MR) is 163 cm³/mol. The lowest BCUT2D eigenvalue weighted by Gasteiger charge is -2.34. The van der Waals surface area contributed by atoms with Gasteiger partial charge in [0.1, 0.15) is 18.3 Å². The molecule has 0 radical (unpaired) electrons. The fourth-order valence-corrected chi connectivity index (χ4v) is 5.29. The van der Waals surface area contributed by atoms with Crippen molar-refractivity contribution < 1.29 is 22.7 Å². The van der Waals surface area contributed by atoms with Crippen LogP contribution in [0.25, 0.3) is 0 Å². The fraction of sp³-hybridized carbons (Fsp3) is 0.375. The van der Waals surface area contributed by atoms with Gasteiger partial charge in [0.25, 0.3) is 0 Å². The Kier molecular flexibility index (Phi) is 11.3. The van der Waals surface area contributed by atoms with Gasteiger partial charge in [0.15, 0.2) is 0 Å². The molecule has 3 aromatic carbocycles. The lowest BCUT2D eigenvalue weighted by molar-refractivity contribution is -0.140. The maximum Gasteiger partial charge on any atom is 0.244 e. The Morgan fingerprint density at radius 2 is 1.56 bits per heavy atom. The molecule has 0 aliphatic rings. The first-order valence-corrected chi connectivity index (χ1v) is 15.7. The monoisotopic (exact) mass is 579 g/mol. The van der Waals surface area contributed by atoms with Gasteiger partial charge in [-0.05, 0) is 60.7 Å². The van der Waals surface area contributed by atoms with Crippen LogP contribution in [0.15, 0.2) is 78.9 Å². The topological polar surface area (TPSA) is 96.0 Å². The summed E-state index contributed by atoms with van der Waals surface area (Å²) in [7, 11) is -3.83. The molecule has 0 aromatic heterocycles. The number of ether oxygens (including phenoxy) is 1. The Bertz CT molecular complexity index is 1390. The number of aryl methyl sites for hydroxylation is 1. The van der Waals surface area contributed by atoms with Gasteiger partial charge >= 0.3 is 0 Å². The van der Waals surface area contributed by atoms with Crippen molar-refractivity contribution in [3.05, 3.63) is 95.6 Å². The van der Waals surface area contributed by atoms with Crippen molar-refractivity contribution in [2.24, 2.45) is 5.92 Å². The van der Waals surface area contributed by atoms with Crippen LogP contribution in [-0.2, 0) is 32.6 Å². The first-order chi connectivity index (χ1) is 19.5. The molecule has 220 valence electrons. The van der Waals surface area contributed by atoms with Gasteiger partial charge in [-0.3, -0.25) is 13.9 Å². The molecule has 0 aliphatic heterocycles. The second-order valence-electron chi connectivity index (χ2n) is 10.5. The van der Waals surface area contributed by atoms with E-state index in [0.29, 0.717) is 24.6 Å². The lowest BCUT2D eigenvalue weighted by Crippen LogP contribution is -2.53. The van der Waals surface area contributed by atoms with E-state index in [1.54, 1.807) is 24.3 Å². The second-order valence-corrected chi connectivity index (χ2v) is 12.4. The van der Waals surface area contributed by atoms with Crippen molar-refractivity contribution >= 4 is 27.5 Å². The number of benzene rings is 3. The number of hydrogen-bond donors (Lipinski definition) is 1. The van der Waals surface area contributed by atoms with E-state index < -0.39 is 28.5 Å². The van der Waals surface area contributed by atoms with Crippen LogP contribution in [0.1, 0.15) is 37.5 Å². The average molecular weight is 580 g/mol. The van der Waals surface area contributed by atoms with E-state index in [-0.39, 0.29) is 24.8 Å². The summed E-state index contributed by atoms with van der Waals surface area (Å²) in [4.78, 5) is 29.3. The van der Waals surface area contributed by atoms with E-state index in [1.807, 2.05) is 82.3 Å². The number of nitrogens with zero attached hydrogens (tertiary/aromatic N) is 2. The van der Waals surface area contributed by atoms with Crippen LogP contribution in [0.5, 0.6) is 5.75 Å². The van der Waals surface area contributed by atoms with Gasteiger partial charge in [-0.2, -0.15) is 0 Å². The quantitative estimate of drug-likeness (QED) is 0.302. The normalized spacial score (nSPS) is 12.0. The Labute approximate surface area is 244 Å². The van der Waals surface area contributed by atoms with Gasteiger partial charge in [-0.25, -0.2) is 8.42 Å². The maximum atomic E-state index is 14.1. The minimum Gasteiger partial charge on any atom is -0.494 e. The summed E-state index contributed by atoms with van der Waals surface area (Å²) < 4.78 is 32.4. The van der Waals surface area contributed by atoms with Gasteiger partial charge in [0.2, 0.25) is 21.8 Å². The molecule has 1 N–H and O–H groups in total. The lowest BCUT2D eigenvalue weighted by atomic mass is 10.0. The average Bonchev–Trinajstić information content (AvgIpc) is 2.93. The van der Waals surface area contributed by atoms with Gasteiger partial charge < -0.3 is 15.0 Å². The third-order valence-corrected chi connectivity index (χ3v) is 7.81. The summed E-state index contributed by atoms with van der Waals surface area (Å²) in [6.45, 7) is 8.45. The van der Waals surface area contributed by atoms with Gasteiger partial charge in [0, 0.05) is 19.5 Å². The second kappa shape index (κ2) is 14.7. The third kappa shape index (κ3) is 9.35. The van der Waals surface area contributed by atoms with Crippen LogP contribution < -0.4 is 14.4 Å². The highest BCUT2D eigenvalue weighted by molar-refractivity contribution is 7.92. The zero-order valence-electron chi connectivity index (χ0n) is 24.5. The molecule has 3 rings (SSSR count). The van der Waals surface area contributed by atoms with Crippen LogP contribution in [0.2, 0.25) is 0 Å². The molecule has 1 atom stereocenters. The molecule has 0 bridgehead atoms. The van der Waals surface area contributed by atoms with Crippen LogP contribution in [-0.4, -0.2) is 57.1 Å². The molecule has 2 amide bonds. The molecule has 0 saturated heterocycles. The number of amides is 2. The molecule has 9 heteroatoms. The van der Waals surface area contributed by atoms with Crippen LogP contribution in [0.3, 0.4) is 0 Å². The molecule has 41 heavy (non-hydrogen) atoms. The molecule has 0 aliphatic carbocycles. The van der Waals surface area contributed by atoms with E-state index in [0.717, 1.165) is 27.3 Å². The number of rotatable bonds is 14. The number of anilines is 1. The highest BCUT2D eigenvalue weighted by Gasteiger charge is 2.33. The predicted octanol–water partition coefficient (Wildman–Crippen LogP) is 4.57. The van der Waals surface area contributed by atoms with Crippen molar-refractivity contribution in [2.75, 3.05) is 30.3 Å². The number of carbonyl (C=O) groups is 2. The minimum atomic E-state index is -3.83. The molecule has 0 heterocycles. The highest BCUT2D eigenvalue weighted by atomic mass is 32.2. The Balaban J connectivity index is 2.03. The zero-order valence-corrected chi connectivity index (χ0v) is 25.4. The van der Waals surface area contributed by atoms with Crippen molar-refractivity contribution in [3.63, 3.8) is 0 Å². The minimum absolute atomic E-state index is 0.152. The first-order valence-electron chi connectivity index (χ1n) is 13.9. The molecule has 3 aromatic rings. The molecule has 0 spiro atoms. The number of hydrogen-bond acceptors (Lipinski definition) is 5. The highest BCUT2D eigenvalue weighted by Crippen LogP contribution is 2.23. The first kappa shape index (κ1) is 31.7. The van der Waals surface area contributed by atoms with Crippen molar-refractivity contribution in [1.29, 1.82) is 0 Å². The Morgan fingerprint density at radius 1 is 0.927 bits per heavy atom. The van der Waals surface area contributed by atoms with E-state index >= 15 is 0 Å². The summed E-state index contributed by atoms with van der Waals surface area (Å²) in [5, 5.41) is 2.99. The van der Waals surface area contributed by atoms with Gasteiger partial charge in [-0.1, -0.05) is 68.4 Å². The Morgan fingerprint density at radius 3 is 2.15 bits per heavy atom. The van der Waals surface area contributed by atoms with E-state index in [4.69, 9.17) is 4.74 Å². The van der Waals surface area contributed by atoms with Crippen LogP contribution in [0.4, 0.5) is 5.69 Å². The van der Waals surface area contributed by atoms with E-state index in [9.17, 15) is 18.0 Å². The number of nitrogens with one attached hydrogen (secondary N) is 1. The van der Waals surface area contributed by atoms with Gasteiger partial charge in [-0.15, -0.1) is 0 Å². The SMILES string of the molecule is CCOc1ccc(N(CC(=O)N(Cc2ccccc2C)[C@@H](Cc2ccccc2)C(=O)NCC(C)C)S(C)(=O)=O)cc1. The molecular formula is C32H41N3O5S. The Hall–Kier alpha value is -3.85. The number of sulfonamides is 1. The molecule has 8 nitrogen and oxygen atoms in total. The fourth-order valence-electron chi connectivity index (χ4n) is 4.44. The molecular weight excluding hydrogens is 538 g/mol. The number of carbonyl (C=O) groups excluding carboxylic acids is 2. The van der Waals surface area contributed by atoms with E-state index in [2.05, 4.69) is 5.32 Å². The van der Waals surface area contributed by atoms with E-state index in [1.165, 1.54) is 4.90 Å². The molecule has 0 unspecified atom stereocenters. The summed E-state index contributed by atoms with van der Waals surface area (Å²) >= 11 is 0. The molecule has 0 fully saturated rings.